The van der Waals surface area contributed by atoms with Gasteiger partial charge in [-0.2, -0.15) is 0 Å². The Labute approximate surface area is 45.9 Å². The molecule has 6 heavy (non-hydrogen) atoms. The Morgan fingerprint density at radius 2 is 2.33 bits per heavy atom. The fourth-order valence-corrected chi connectivity index (χ4v) is 0.567. The van der Waals surface area contributed by atoms with Crippen LogP contribution in [0.15, 0.2) is 0 Å². The minimum Gasteiger partial charge on any atom is -0.247 e. The molecule has 0 amide bonds. The summed E-state index contributed by atoms with van der Waals surface area (Å²) in [5.41, 5.74) is 0. The van der Waals surface area contributed by atoms with Crippen LogP contribution >= 0.6 is 15.9 Å². The number of hydrogen-bond acceptors (Lipinski definition) is 0. The molecular weight excluding hydrogens is 147 g/mol. The standard InChI is InChI=1S/C4H8BrF/c1-2-4(6)3-5/h4H,2-3H2,1H3/t4-/m1/s1. The smallest absolute Gasteiger partial charge is 0.109 e. The van der Waals surface area contributed by atoms with Crippen molar-refractivity contribution in [1.82, 2.24) is 0 Å². The third-order valence-corrected chi connectivity index (χ3v) is 1.31. The number of halogens is 2. The molecule has 0 aliphatic rings. The first-order chi connectivity index (χ1) is 2.81. The first-order valence-corrected chi connectivity index (χ1v) is 3.13. The molecule has 0 fully saturated rings. The van der Waals surface area contributed by atoms with E-state index >= 15 is 0 Å². The normalized spacial score (nSPS) is 14.5. The fourth-order valence-electron chi connectivity index (χ4n) is 0.109. The highest BCUT2D eigenvalue weighted by Crippen LogP contribution is 1.98. The highest BCUT2D eigenvalue weighted by molar-refractivity contribution is 9.09. The summed E-state index contributed by atoms with van der Waals surface area (Å²) < 4.78 is 11.8. The molecule has 0 aromatic carbocycles. The molecular formula is C4H8BrF. The van der Waals surface area contributed by atoms with Crippen LogP contribution < -0.4 is 0 Å². The van der Waals surface area contributed by atoms with Crippen molar-refractivity contribution in [3.8, 4) is 0 Å². The Balaban J connectivity index is 2.75. The lowest BCUT2D eigenvalue weighted by molar-refractivity contribution is 0.360. The summed E-state index contributed by atoms with van der Waals surface area (Å²) in [6.07, 6.45) is -0.0318. The third kappa shape index (κ3) is 2.64. The first kappa shape index (κ1) is 6.41. The van der Waals surface area contributed by atoms with Crippen LogP contribution in [0.2, 0.25) is 0 Å². The average molecular weight is 155 g/mol. The van der Waals surface area contributed by atoms with E-state index < -0.39 is 6.17 Å². The zero-order valence-electron chi connectivity index (χ0n) is 3.75. The van der Waals surface area contributed by atoms with Gasteiger partial charge in [-0.1, -0.05) is 22.9 Å². The highest BCUT2D eigenvalue weighted by Gasteiger charge is 1.95. The maximum Gasteiger partial charge on any atom is 0.109 e. The Morgan fingerprint density at radius 3 is 2.33 bits per heavy atom. The Hall–Kier alpha value is 0.410. The van der Waals surface area contributed by atoms with Gasteiger partial charge >= 0.3 is 0 Å². The summed E-state index contributed by atoms with van der Waals surface area (Å²) in [5, 5.41) is 0.476. The summed E-state index contributed by atoms with van der Waals surface area (Å²) in [4.78, 5) is 0. The molecule has 0 heterocycles. The molecule has 0 aromatic rings. The lowest BCUT2D eigenvalue weighted by atomic mass is 10.3. The van der Waals surface area contributed by atoms with Crippen molar-refractivity contribution < 1.29 is 4.39 Å². The summed E-state index contributed by atoms with van der Waals surface area (Å²) in [5.74, 6) is 0. The molecule has 1 atom stereocenters. The van der Waals surface area contributed by atoms with Crippen LogP contribution in [0.4, 0.5) is 4.39 Å². The van der Waals surface area contributed by atoms with Gasteiger partial charge < -0.3 is 0 Å². The van der Waals surface area contributed by atoms with E-state index in [0.29, 0.717) is 11.8 Å². The zero-order valence-corrected chi connectivity index (χ0v) is 5.33. The third-order valence-electron chi connectivity index (χ3n) is 0.610. The molecule has 0 unspecified atom stereocenters. The summed E-state index contributed by atoms with van der Waals surface area (Å²) in [6, 6.07) is 0. The van der Waals surface area contributed by atoms with E-state index in [9.17, 15) is 4.39 Å². The Morgan fingerprint density at radius 1 is 1.83 bits per heavy atom. The van der Waals surface area contributed by atoms with Crippen molar-refractivity contribution in [2.75, 3.05) is 5.33 Å². The van der Waals surface area contributed by atoms with E-state index in [1.165, 1.54) is 0 Å². The van der Waals surface area contributed by atoms with E-state index in [1.54, 1.807) is 0 Å². The molecule has 0 nitrogen and oxygen atoms in total. The van der Waals surface area contributed by atoms with Crippen molar-refractivity contribution in [2.24, 2.45) is 0 Å². The molecule has 0 N–H and O–H groups in total. The molecule has 0 radical (unpaired) electrons. The summed E-state index contributed by atoms with van der Waals surface area (Å²) in [6.45, 7) is 1.83. The van der Waals surface area contributed by atoms with Crippen LogP contribution in [0.3, 0.4) is 0 Å². The molecule has 38 valence electrons. The molecule has 0 saturated heterocycles. The molecule has 0 aliphatic heterocycles. The quantitative estimate of drug-likeness (QED) is 0.535. The van der Waals surface area contributed by atoms with Gasteiger partial charge in [-0.05, 0) is 6.42 Å². The van der Waals surface area contributed by atoms with E-state index in [1.807, 2.05) is 6.92 Å². The van der Waals surface area contributed by atoms with Crippen LogP contribution in [0.25, 0.3) is 0 Å². The van der Waals surface area contributed by atoms with Gasteiger partial charge in [0, 0.05) is 5.33 Å². The second-order valence-corrected chi connectivity index (χ2v) is 1.81. The predicted octanol–water partition coefficient (Wildman–Crippen LogP) is 2.13. The van der Waals surface area contributed by atoms with Crippen molar-refractivity contribution in [1.29, 1.82) is 0 Å². The van der Waals surface area contributed by atoms with Gasteiger partial charge in [0.05, 0.1) is 0 Å². The minimum absolute atomic E-state index is 0.476. The molecule has 0 bridgehead atoms. The first-order valence-electron chi connectivity index (χ1n) is 2.01. The summed E-state index contributed by atoms with van der Waals surface area (Å²) in [7, 11) is 0. The Bertz CT molecular complexity index is 26.7. The van der Waals surface area contributed by atoms with Gasteiger partial charge in [0.2, 0.25) is 0 Å². The van der Waals surface area contributed by atoms with Gasteiger partial charge in [-0.15, -0.1) is 0 Å². The van der Waals surface area contributed by atoms with Gasteiger partial charge in [0.1, 0.15) is 6.17 Å². The maximum absolute atomic E-state index is 11.8. The second-order valence-electron chi connectivity index (χ2n) is 1.16. The van der Waals surface area contributed by atoms with Gasteiger partial charge in [0.25, 0.3) is 0 Å². The summed E-state index contributed by atoms with van der Waals surface area (Å²) >= 11 is 3.00. The minimum atomic E-state index is -0.648. The molecule has 0 rings (SSSR count). The Kier molecular flexibility index (Phi) is 3.84. The molecule has 2 heteroatoms. The average Bonchev–Trinajstić information content (AvgIpc) is 1.65. The SMILES string of the molecule is CC[C@@H](F)CBr. The van der Waals surface area contributed by atoms with Crippen LogP contribution in [-0.4, -0.2) is 11.5 Å². The number of alkyl halides is 2. The van der Waals surface area contributed by atoms with E-state index in [2.05, 4.69) is 15.9 Å². The largest absolute Gasteiger partial charge is 0.247 e. The van der Waals surface area contributed by atoms with Gasteiger partial charge in [-0.3, -0.25) is 0 Å². The molecule has 0 saturated carbocycles. The van der Waals surface area contributed by atoms with E-state index in [-0.39, 0.29) is 0 Å². The highest BCUT2D eigenvalue weighted by atomic mass is 79.9. The topological polar surface area (TPSA) is 0 Å². The van der Waals surface area contributed by atoms with E-state index in [4.69, 9.17) is 0 Å². The van der Waals surface area contributed by atoms with Crippen LogP contribution in [0.5, 0.6) is 0 Å². The van der Waals surface area contributed by atoms with Crippen molar-refractivity contribution >= 4 is 15.9 Å². The lowest BCUT2D eigenvalue weighted by Gasteiger charge is -1.92. The molecule has 0 aromatic heterocycles. The number of hydrogen-bond donors (Lipinski definition) is 0. The van der Waals surface area contributed by atoms with Crippen molar-refractivity contribution in [3.63, 3.8) is 0 Å². The predicted molar refractivity (Wildman–Crippen MR) is 29.0 cm³/mol. The maximum atomic E-state index is 11.8. The van der Waals surface area contributed by atoms with Crippen LogP contribution in [0, 0.1) is 0 Å². The monoisotopic (exact) mass is 154 g/mol. The number of rotatable bonds is 2. The fraction of sp³-hybridized carbons (Fsp3) is 1.00. The van der Waals surface area contributed by atoms with Crippen molar-refractivity contribution in [2.45, 2.75) is 19.5 Å². The van der Waals surface area contributed by atoms with Gasteiger partial charge in [-0.25, -0.2) is 4.39 Å². The zero-order chi connectivity index (χ0) is 4.99. The van der Waals surface area contributed by atoms with Crippen LogP contribution in [-0.2, 0) is 0 Å². The van der Waals surface area contributed by atoms with E-state index in [0.717, 1.165) is 0 Å². The lowest BCUT2D eigenvalue weighted by Crippen LogP contribution is -1.96. The van der Waals surface area contributed by atoms with Gasteiger partial charge in [0.15, 0.2) is 0 Å². The van der Waals surface area contributed by atoms with Crippen LogP contribution in [0.1, 0.15) is 13.3 Å². The second kappa shape index (κ2) is 3.59. The van der Waals surface area contributed by atoms with Crippen molar-refractivity contribution in [3.05, 3.63) is 0 Å². The molecule has 0 aliphatic carbocycles. The molecule has 0 spiro atoms.